The Labute approximate surface area is 159 Å². The van der Waals surface area contributed by atoms with E-state index in [1.165, 1.54) is 0 Å². The van der Waals surface area contributed by atoms with Gasteiger partial charge in [0.25, 0.3) is 0 Å². The van der Waals surface area contributed by atoms with Crippen molar-refractivity contribution in [2.45, 2.75) is 6.92 Å². The Morgan fingerprint density at radius 3 is 2.30 bits per heavy atom. The van der Waals surface area contributed by atoms with E-state index in [1.807, 2.05) is 25.1 Å². The highest BCUT2D eigenvalue weighted by molar-refractivity contribution is 5.49. The summed E-state index contributed by atoms with van der Waals surface area (Å²) in [7, 11) is 0. The van der Waals surface area contributed by atoms with Gasteiger partial charge in [0.15, 0.2) is 0 Å². The highest BCUT2D eigenvalue weighted by Gasteiger charge is 2.22. The Balaban J connectivity index is 1.46. The maximum absolute atomic E-state index is 9.05. The van der Waals surface area contributed by atoms with Crippen LogP contribution in [-0.4, -0.2) is 67.4 Å². The Morgan fingerprint density at radius 1 is 0.889 bits per heavy atom. The molecule has 2 aromatic rings. The highest BCUT2D eigenvalue weighted by atomic mass is 16.5. The molecule has 0 radical (unpaired) electrons. The van der Waals surface area contributed by atoms with E-state index in [4.69, 9.17) is 15.0 Å². The van der Waals surface area contributed by atoms with Crippen molar-refractivity contribution in [2.24, 2.45) is 0 Å². The molecule has 0 N–H and O–H groups in total. The first-order chi connectivity index (χ1) is 13.2. The van der Waals surface area contributed by atoms with Gasteiger partial charge in [-0.1, -0.05) is 6.07 Å². The Kier molecular flexibility index (Phi) is 5.03. The summed E-state index contributed by atoms with van der Waals surface area (Å²) >= 11 is 0. The van der Waals surface area contributed by atoms with E-state index in [0.29, 0.717) is 5.69 Å². The molecule has 2 aliphatic rings. The van der Waals surface area contributed by atoms with E-state index < -0.39 is 0 Å². The third kappa shape index (κ3) is 3.93. The van der Waals surface area contributed by atoms with Gasteiger partial charge in [0, 0.05) is 51.0 Å². The second-order valence-electron chi connectivity index (χ2n) is 6.73. The summed E-state index contributed by atoms with van der Waals surface area (Å²) in [6.45, 7) is 8.53. The number of nitriles is 1. The summed E-state index contributed by atoms with van der Waals surface area (Å²) in [5.74, 6) is 2.63. The zero-order valence-corrected chi connectivity index (χ0v) is 15.5. The van der Waals surface area contributed by atoms with Crippen molar-refractivity contribution in [1.82, 2.24) is 15.0 Å². The van der Waals surface area contributed by atoms with E-state index in [1.54, 1.807) is 6.07 Å². The predicted molar refractivity (Wildman–Crippen MR) is 103 cm³/mol. The third-order valence-corrected chi connectivity index (χ3v) is 4.90. The Bertz CT molecular complexity index is 836. The van der Waals surface area contributed by atoms with Gasteiger partial charge in [-0.25, -0.2) is 9.97 Å². The zero-order chi connectivity index (χ0) is 18.6. The average molecular weight is 365 g/mol. The van der Waals surface area contributed by atoms with Crippen molar-refractivity contribution < 1.29 is 4.74 Å². The molecule has 4 rings (SSSR count). The number of aryl methyl sites for hydroxylation is 1. The minimum Gasteiger partial charge on any atom is -0.378 e. The van der Waals surface area contributed by atoms with Crippen molar-refractivity contribution in [3.8, 4) is 6.07 Å². The van der Waals surface area contributed by atoms with Gasteiger partial charge >= 0.3 is 0 Å². The number of hydrogen-bond donors (Lipinski definition) is 0. The number of hydrogen-bond acceptors (Lipinski definition) is 8. The molecule has 8 heteroatoms. The number of piperazine rings is 1. The molecule has 27 heavy (non-hydrogen) atoms. The van der Waals surface area contributed by atoms with Gasteiger partial charge in [0.2, 0.25) is 5.95 Å². The van der Waals surface area contributed by atoms with Crippen molar-refractivity contribution in [3.05, 3.63) is 35.7 Å². The van der Waals surface area contributed by atoms with Gasteiger partial charge in [-0.15, -0.1) is 0 Å². The van der Waals surface area contributed by atoms with Gasteiger partial charge in [0.1, 0.15) is 23.4 Å². The van der Waals surface area contributed by atoms with Gasteiger partial charge in [-0.05, 0) is 19.1 Å². The standard InChI is InChI=1S/C19H23N7O/c1-15-13-18(23-19(21-15)26-9-11-27-12-10-26)25-7-5-24(6-8-25)17-4-2-3-16(14-20)22-17/h2-4,13H,5-12H2,1H3. The van der Waals surface area contributed by atoms with Gasteiger partial charge in [0.05, 0.1) is 13.2 Å². The number of ether oxygens (including phenoxy) is 1. The minimum atomic E-state index is 0.455. The first-order valence-electron chi connectivity index (χ1n) is 9.28. The van der Waals surface area contributed by atoms with Crippen molar-refractivity contribution in [2.75, 3.05) is 67.2 Å². The summed E-state index contributed by atoms with van der Waals surface area (Å²) in [6, 6.07) is 9.73. The molecule has 140 valence electrons. The van der Waals surface area contributed by atoms with E-state index in [9.17, 15) is 0 Å². The second kappa shape index (κ2) is 7.76. The van der Waals surface area contributed by atoms with Gasteiger partial charge in [-0.3, -0.25) is 0 Å². The fourth-order valence-electron chi connectivity index (χ4n) is 3.43. The lowest BCUT2D eigenvalue weighted by Crippen LogP contribution is -2.47. The molecule has 2 aromatic heterocycles. The summed E-state index contributed by atoms with van der Waals surface area (Å²) in [4.78, 5) is 20.5. The maximum atomic E-state index is 9.05. The van der Waals surface area contributed by atoms with Crippen LogP contribution in [0.4, 0.5) is 17.6 Å². The SMILES string of the molecule is Cc1cc(N2CCN(c3cccc(C#N)n3)CC2)nc(N2CCOCC2)n1. The smallest absolute Gasteiger partial charge is 0.227 e. The summed E-state index contributed by atoms with van der Waals surface area (Å²) in [5, 5.41) is 9.05. The molecule has 0 atom stereocenters. The third-order valence-electron chi connectivity index (χ3n) is 4.90. The van der Waals surface area contributed by atoms with Crippen LogP contribution in [0.25, 0.3) is 0 Å². The summed E-state index contributed by atoms with van der Waals surface area (Å²) < 4.78 is 5.43. The van der Waals surface area contributed by atoms with Crippen LogP contribution in [0.2, 0.25) is 0 Å². The highest BCUT2D eigenvalue weighted by Crippen LogP contribution is 2.21. The molecule has 0 aliphatic carbocycles. The molecule has 2 saturated heterocycles. The number of nitrogens with zero attached hydrogens (tertiary/aromatic N) is 7. The van der Waals surface area contributed by atoms with E-state index >= 15 is 0 Å². The molecular formula is C19H23N7O. The van der Waals surface area contributed by atoms with Crippen molar-refractivity contribution >= 4 is 17.6 Å². The number of anilines is 3. The van der Waals surface area contributed by atoms with E-state index in [2.05, 4.69) is 30.7 Å². The van der Waals surface area contributed by atoms with E-state index in [-0.39, 0.29) is 0 Å². The first kappa shape index (κ1) is 17.5. The number of pyridine rings is 1. The van der Waals surface area contributed by atoms with Gasteiger partial charge < -0.3 is 19.4 Å². The summed E-state index contributed by atoms with van der Waals surface area (Å²) in [6.07, 6.45) is 0. The zero-order valence-electron chi connectivity index (χ0n) is 15.5. The quantitative estimate of drug-likeness (QED) is 0.803. The lowest BCUT2D eigenvalue weighted by atomic mass is 10.2. The minimum absolute atomic E-state index is 0.455. The molecule has 0 spiro atoms. The largest absolute Gasteiger partial charge is 0.378 e. The molecular weight excluding hydrogens is 342 g/mol. The van der Waals surface area contributed by atoms with Crippen LogP contribution in [0, 0.1) is 18.3 Å². The van der Waals surface area contributed by atoms with Crippen LogP contribution in [0.3, 0.4) is 0 Å². The average Bonchev–Trinajstić information content (AvgIpc) is 2.74. The predicted octanol–water partition coefficient (Wildman–Crippen LogP) is 1.21. The fraction of sp³-hybridized carbons (Fsp3) is 0.474. The normalized spacial score (nSPS) is 17.7. The molecule has 4 heterocycles. The molecule has 0 unspecified atom stereocenters. The number of morpholine rings is 1. The molecule has 0 aromatic carbocycles. The van der Waals surface area contributed by atoms with E-state index in [0.717, 1.165) is 75.8 Å². The van der Waals surface area contributed by atoms with Crippen LogP contribution in [-0.2, 0) is 4.74 Å². The lowest BCUT2D eigenvalue weighted by Gasteiger charge is -2.36. The van der Waals surface area contributed by atoms with Crippen LogP contribution >= 0.6 is 0 Å². The number of aromatic nitrogens is 3. The summed E-state index contributed by atoms with van der Waals surface area (Å²) in [5.41, 5.74) is 1.43. The monoisotopic (exact) mass is 365 g/mol. The van der Waals surface area contributed by atoms with Crippen molar-refractivity contribution in [3.63, 3.8) is 0 Å². The number of rotatable bonds is 3. The Morgan fingerprint density at radius 2 is 1.59 bits per heavy atom. The molecule has 8 nitrogen and oxygen atoms in total. The molecule has 0 saturated carbocycles. The van der Waals surface area contributed by atoms with Crippen LogP contribution < -0.4 is 14.7 Å². The molecule has 0 amide bonds. The second-order valence-corrected chi connectivity index (χ2v) is 6.73. The van der Waals surface area contributed by atoms with Crippen LogP contribution in [0.15, 0.2) is 24.3 Å². The topological polar surface area (TPSA) is 81.4 Å². The fourth-order valence-corrected chi connectivity index (χ4v) is 3.43. The first-order valence-corrected chi connectivity index (χ1v) is 9.28. The van der Waals surface area contributed by atoms with Crippen LogP contribution in [0.5, 0.6) is 0 Å². The van der Waals surface area contributed by atoms with Gasteiger partial charge in [-0.2, -0.15) is 10.2 Å². The molecule has 0 bridgehead atoms. The lowest BCUT2D eigenvalue weighted by molar-refractivity contribution is 0.122. The molecule has 2 fully saturated rings. The maximum Gasteiger partial charge on any atom is 0.227 e. The molecule has 2 aliphatic heterocycles. The Hall–Kier alpha value is -2.92. The van der Waals surface area contributed by atoms with Crippen LogP contribution in [0.1, 0.15) is 11.4 Å². The van der Waals surface area contributed by atoms with Crippen molar-refractivity contribution in [1.29, 1.82) is 5.26 Å².